The van der Waals surface area contributed by atoms with E-state index >= 15 is 0 Å². The summed E-state index contributed by atoms with van der Waals surface area (Å²) in [4.78, 5) is 0. The summed E-state index contributed by atoms with van der Waals surface area (Å²) >= 11 is 0. The molecule has 3 rings (SSSR count). The second-order valence-electron chi connectivity index (χ2n) is 6.89. The summed E-state index contributed by atoms with van der Waals surface area (Å²) in [6, 6.07) is 13.5. The monoisotopic (exact) mass is 269 g/mol. The van der Waals surface area contributed by atoms with Crippen LogP contribution in [0.4, 0.5) is 0 Å². The molecular weight excluding hydrogens is 246 g/mol. The zero-order chi connectivity index (χ0) is 14.3. The highest BCUT2D eigenvalue weighted by Gasteiger charge is 2.30. The molecule has 0 saturated heterocycles. The van der Waals surface area contributed by atoms with E-state index in [1.54, 1.807) is 0 Å². The minimum Gasteiger partial charge on any atom is -0.395 e. The van der Waals surface area contributed by atoms with Gasteiger partial charge in [0.1, 0.15) is 0 Å². The number of hydrogen-bond donors (Lipinski definition) is 2. The predicted molar refractivity (Wildman–Crippen MR) is 83.9 cm³/mol. The largest absolute Gasteiger partial charge is 0.395 e. The van der Waals surface area contributed by atoms with Crippen molar-refractivity contribution in [3.8, 4) is 0 Å². The fraction of sp³-hybridized carbons (Fsp3) is 0.444. The van der Waals surface area contributed by atoms with Crippen LogP contribution >= 0.6 is 0 Å². The first-order chi connectivity index (χ1) is 9.50. The third kappa shape index (κ3) is 2.23. The average molecular weight is 269 g/mol. The number of nitrogens with one attached hydrogen (secondary N) is 1. The zero-order valence-corrected chi connectivity index (χ0v) is 12.5. The summed E-state index contributed by atoms with van der Waals surface area (Å²) in [5.41, 5.74) is 2.85. The maximum atomic E-state index is 9.67. The normalized spacial score (nSPS) is 19.5. The minimum atomic E-state index is 0.0530. The Labute approximate surface area is 120 Å². The first kappa shape index (κ1) is 13.6. The molecule has 0 saturated carbocycles. The Balaban J connectivity index is 1.95. The van der Waals surface area contributed by atoms with Gasteiger partial charge < -0.3 is 10.4 Å². The molecule has 1 aliphatic carbocycles. The van der Waals surface area contributed by atoms with Gasteiger partial charge in [-0.05, 0) is 33.7 Å². The molecule has 2 aromatic carbocycles. The molecule has 0 heterocycles. The van der Waals surface area contributed by atoms with Crippen molar-refractivity contribution >= 4 is 10.8 Å². The molecule has 2 nitrogen and oxygen atoms in total. The van der Waals surface area contributed by atoms with Gasteiger partial charge in [-0.3, -0.25) is 0 Å². The van der Waals surface area contributed by atoms with Gasteiger partial charge in [0, 0.05) is 12.1 Å². The molecule has 0 bridgehead atoms. The highest BCUT2D eigenvalue weighted by Crippen LogP contribution is 2.37. The van der Waals surface area contributed by atoms with Gasteiger partial charge in [-0.15, -0.1) is 0 Å². The summed E-state index contributed by atoms with van der Waals surface area (Å²) in [5, 5.41) is 16.1. The molecular formula is C18H23NO. The van der Waals surface area contributed by atoms with Crippen molar-refractivity contribution in [1.82, 2.24) is 5.32 Å². The van der Waals surface area contributed by atoms with Crippen LogP contribution < -0.4 is 5.32 Å². The van der Waals surface area contributed by atoms with Crippen molar-refractivity contribution in [3.05, 3.63) is 47.5 Å². The Kier molecular flexibility index (Phi) is 3.31. The van der Waals surface area contributed by atoms with E-state index in [1.807, 2.05) is 0 Å². The molecule has 0 aromatic heterocycles. The molecule has 0 aliphatic heterocycles. The molecule has 106 valence electrons. The van der Waals surface area contributed by atoms with Gasteiger partial charge in [-0.1, -0.05) is 57.2 Å². The third-order valence-corrected chi connectivity index (χ3v) is 4.45. The van der Waals surface area contributed by atoms with Crippen molar-refractivity contribution < 1.29 is 5.11 Å². The average Bonchev–Trinajstić information content (AvgIpc) is 2.76. The van der Waals surface area contributed by atoms with Gasteiger partial charge in [-0.25, -0.2) is 0 Å². The Hall–Kier alpha value is -1.38. The van der Waals surface area contributed by atoms with Crippen LogP contribution in [0, 0.1) is 5.41 Å². The van der Waals surface area contributed by atoms with E-state index in [9.17, 15) is 5.11 Å². The van der Waals surface area contributed by atoms with Crippen LogP contribution in [0.1, 0.15) is 37.9 Å². The van der Waals surface area contributed by atoms with Gasteiger partial charge in [0.2, 0.25) is 0 Å². The lowest BCUT2D eigenvalue weighted by atomic mass is 9.86. The Morgan fingerprint density at radius 1 is 1.20 bits per heavy atom. The van der Waals surface area contributed by atoms with Crippen LogP contribution in [0.3, 0.4) is 0 Å². The lowest BCUT2D eigenvalue weighted by Gasteiger charge is -2.33. The SMILES string of the molecule is CC(C)(C)[C@@H](CO)N[C@@H]1Cc2cccc3cccc1c23. The van der Waals surface area contributed by atoms with Gasteiger partial charge >= 0.3 is 0 Å². The van der Waals surface area contributed by atoms with Crippen molar-refractivity contribution in [2.75, 3.05) is 6.61 Å². The molecule has 2 aromatic rings. The maximum Gasteiger partial charge on any atom is 0.0589 e. The summed E-state index contributed by atoms with van der Waals surface area (Å²) in [5.74, 6) is 0. The number of aliphatic hydroxyl groups is 1. The third-order valence-electron chi connectivity index (χ3n) is 4.45. The number of hydrogen-bond acceptors (Lipinski definition) is 2. The topological polar surface area (TPSA) is 32.3 Å². The molecule has 1 aliphatic rings. The lowest BCUT2D eigenvalue weighted by Crippen LogP contribution is -2.44. The molecule has 2 N–H and O–H groups in total. The van der Waals surface area contributed by atoms with Gasteiger partial charge in [0.25, 0.3) is 0 Å². The highest BCUT2D eigenvalue weighted by atomic mass is 16.3. The lowest BCUT2D eigenvalue weighted by molar-refractivity contribution is 0.148. The number of benzene rings is 2. The van der Waals surface area contributed by atoms with Gasteiger partial charge in [0.15, 0.2) is 0 Å². The van der Waals surface area contributed by atoms with Crippen molar-refractivity contribution in [3.63, 3.8) is 0 Å². The molecule has 0 fully saturated rings. The number of rotatable bonds is 3. The van der Waals surface area contributed by atoms with Crippen molar-refractivity contribution in [1.29, 1.82) is 0 Å². The molecule has 0 radical (unpaired) electrons. The van der Waals surface area contributed by atoms with Crippen molar-refractivity contribution in [2.45, 2.75) is 39.3 Å². The van der Waals surface area contributed by atoms with E-state index in [-0.39, 0.29) is 18.1 Å². The van der Waals surface area contributed by atoms with Crippen LogP contribution in [-0.4, -0.2) is 17.8 Å². The van der Waals surface area contributed by atoms with E-state index in [4.69, 9.17) is 0 Å². The molecule has 0 unspecified atom stereocenters. The summed E-state index contributed by atoms with van der Waals surface area (Å²) in [6.07, 6.45) is 1.02. The maximum absolute atomic E-state index is 9.67. The number of aliphatic hydroxyl groups excluding tert-OH is 1. The quantitative estimate of drug-likeness (QED) is 0.894. The highest BCUT2D eigenvalue weighted by molar-refractivity contribution is 5.91. The Morgan fingerprint density at radius 2 is 1.90 bits per heavy atom. The summed E-state index contributed by atoms with van der Waals surface area (Å²) < 4.78 is 0. The Morgan fingerprint density at radius 3 is 2.55 bits per heavy atom. The van der Waals surface area contributed by atoms with E-state index in [2.05, 4.69) is 62.5 Å². The van der Waals surface area contributed by atoms with E-state index in [0.29, 0.717) is 6.04 Å². The van der Waals surface area contributed by atoms with Crippen LogP contribution in [0.15, 0.2) is 36.4 Å². The fourth-order valence-electron chi connectivity index (χ4n) is 3.21. The van der Waals surface area contributed by atoms with E-state index in [0.717, 1.165) is 6.42 Å². The molecule has 20 heavy (non-hydrogen) atoms. The summed E-state index contributed by atoms with van der Waals surface area (Å²) in [7, 11) is 0. The minimum absolute atomic E-state index is 0.0530. The zero-order valence-electron chi connectivity index (χ0n) is 12.5. The molecule has 0 amide bonds. The smallest absolute Gasteiger partial charge is 0.0589 e. The second-order valence-corrected chi connectivity index (χ2v) is 6.89. The van der Waals surface area contributed by atoms with Crippen LogP contribution in [-0.2, 0) is 6.42 Å². The standard InChI is InChI=1S/C18H23NO/c1-18(2,3)16(11-20)19-15-10-13-8-4-6-12-7-5-9-14(15)17(12)13/h4-9,15-16,19-20H,10-11H2,1-3H3/t15-,16-/m1/s1. The van der Waals surface area contributed by atoms with Crippen LogP contribution in [0.2, 0.25) is 0 Å². The first-order valence-corrected chi connectivity index (χ1v) is 7.38. The van der Waals surface area contributed by atoms with Crippen LogP contribution in [0.25, 0.3) is 10.8 Å². The van der Waals surface area contributed by atoms with E-state index < -0.39 is 0 Å². The summed E-state index contributed by atoms with van der Waals surface area (Å²) in [6.45, 7) is 6.68. The van der Waals surface area contributed by atoms with Gasteiger partial charge in [0.05, 0.1) is 6.61 Å². The second kappa shape index (κ2) is 4.87. The molecule has 2 heteroatoms. The van der Waals surface area contributed by atoms with Crippen LogP contribution in [0.5, 0.6) is 0 Å². The molecule has 0 spiro atoms. The Bertz CT molecular complexity index is 622. The predicted octanol–water partition coefficient (Wildman–Crippen LogP) is 3.43. The first-order valence-electron chi connectivity index (χ1n) is 7.38. The fourth-order valence-corrected chi connectivity index (χ4v) is 3.21. The molecule has 2 atom stereocenters. The van der Waals surface area contributed by atoms with E-state index in [1.165, 1.54) is 21.9 Å². The van der Waals surface area contributed by atoms with Gasteiger partial charge in [-0.2, -0.15) is 0 Å². The van der Waals surface area contributed by atoms with Crippen molar-refractivity contribution in [2.24, 2.45) is 5.41 Å².